The number of para-hydroxylation sites is 1. The van der Waals surface area contributed by atoms with Gasteiger partial charge in [0.15, 0.2) is 0 Å². The summed E-state index contributed by atoms with van der Waals surface area (Å²) in [4.78, 5) is 22.7. The first-order valence-electron chi connectivity index (χ1n) is 6.48. The standard InChI is InChI=1S/C16H13NO4/c1-10(18)20-9-12-7-6-11(21-12)8-14-13-4-2-3-5-15(13)17-16(14)19/h2-8H,9H2,1H3,(H,17,19)/b14-8+. The summed E-state index contributed by atoms with van der Waals surface area (Å²) >= 11 is 0. The second kappa shape index (κ2) is 5.28. The summed E-state index contributed by atoms with van der Waals surface area (Å²) in [7, 11) is 0. The number of carbonyl (C=O) groups excluding carboxylic acids is 2. The fourth-order valence-corrected chi connectivity index (χ4v) is 2.15. The van der Waals surface area contributed by atoms with E-state index in [2.05, 4.69) is 5.32 Å². The van der Waals surface area contributed by atoms with Gasteiger partial charge in [-0.05, 0) is 24.3 Å². The van der Waals surface area contributed by atoms with Gasteiger partial charge in [0, 0.05) is 18.2 Å². The summed E-state index contributed by atoms with van der Waals surface area (Å²) in [6.07, 6.45) is 1.68. The third kappa shape index (κ3) is 2.72. The molecular weight excluding hydrogens is 270 g/mol. The number of rotatable bonds is 3. The van der Waals surface area contributed by atoms with E-state index in [4.69, 9.17) is 9.15 Å². The van der Waals surface area contributed by atoms with Gasteiger partial charge in [-0.3, -0.25) is 9.59 Å². The lowest BCUT2D eigenvalue weighted by Crippen LogP contribution is -2.03. The first-order valence-corrected chi connectivity index (χ1v) is 6.48. The van der Waals surface area contributed by atoms with Crippen molar-refractivity contribution >= 4 is 29.2 Å². The van der Waals surface area contributed by atoms with Gasteiger partial charge in [0.2, 0.25) is 0 Å². The number of hydrogen-bond donors (Lipinski definition) is 1. The van der Waals surface area contributed by atoms with Gasteiger partial charge in [0.25, 0.3) is 5.91 Å². The Morgan fingerprint density at radius 1 is 1.29 bits per heavy atom. The molecule has 0 aliphatic carbocycles. The number of esters is 1. The van der Waals surface area contributed by atoms with Gasteiger partial charge in [0.05, 0.1) is 5.57 Å². The molecule has 0 unspecified atom stereocenters. The lowest BCUT2D eigenvalue weighted by atomic mass is 10.1. The van der Waals surface area contributed by atoms with Crippen molar-refractivity contribution in [2.75, 3.05) is 5.32 Å². The first-order chi connectivity index (χ1) is 10.1. The number of hydrogen-bond acceptors (Lipinski definition) is 4. The third-order valence-electron chi connectivity index (χ3n) is 3.10. The molecule has 0 saturated carbocycles. The minimum atomic E-state index is -0.365. The summed E-state index contributed by atoms with van der Waals surface area (Å²) in [5.41, 5.74) is 2.19. The highest BCUT2D eigenvalue weighted by atomic mass is 16.5. The summed E-state index contributed by atoms with van der Waals surface area (Å²) in [6.45, 7) is 1.42. The Kier molecular flexibility index (Phi) is 3.31. The summed E-state index contributed by atoms with van der Waals surface area (Å²) < 4.78 is 10.4. The quantitative estimate of drug-likeness (QED) is 0.694. The summed E-state index contributed by atoms with van der Waals surface area (Å²) in [5.74, 6) is 0.548. The Balaban J connectivity index is 1.85. The van der Waals surface area contributed by atoms with Crippen LogP contribution in [0.5, 0.6) is 0 Å². The predicted octanol–water partition coefficient (Wildman–Crippen LogP) is 2.84. The Morgan fingerprint density at radius 3 is 2.90 bits per heavy atom. The predicted molar refractivity (Wildman–Crippen MR) is 77.1 cm³/mol. The first kappa shape index (κ1) is 13.2. The van der Waals surface area contributed by atoms with Crippen LogP contribution in [-0.2, 0) is 20.9 Å². The zero-order chi connectivity index (χ0) is 14.8. The average Bonchev–Trinajstić information content (AvgIpc) is 3.02. The molecule has 1 N–H and O–H groups in total. The molecule has 1 aliphatic rings. The molecule has 1 amide bonds. The van der Waals surface area contributed by atoms with Crippen molar-refractivity contribution in [1.29, 1.82) is 0 Å². The monoisotopic (exact) mass is 283 g/mol. The molecule has 5 nitrogen and oxygen atoms in total. The molecule has 1 aliphatic heterocycles. The molecule has 0 fully saturated rings. The number of nitrogens with one attached hydrogen (secondary N) is 1. The van der Waals surface area contributed by atoms with Crippen LogP contribution in [0.2, 0.25) is 0 Å². The van der Waals surface area contributed by atoms with E-state index in [1.807, 2.05) is 24.3 Å². The lowest BCUT2D eigenvalue weighted by molar-refractivity contribution is -0.142. The second-order valence-corrected chi connectivity index (χ2v) is 4.64. The Hall–Kier alpha value is -2.82. The van der Waals surface area contributed by atoms with Crippen molar-refractivity contribution in [3.8, 4) is 0 Å². The van der Waals surface area contributed by atoms with E-state index in [1.54, 1.807) is 18.2 Å². The molecule has 21 heavy (non-hydrogen) atoms. The topological polar surface area (TPSA) is 68.5 Å². The van der Waals surface area contributed by atoms with Crippen molar-refractivity contribution in [1.82, 2.24) is 0 Å². The number of amides is 1. The van der Waals surface area contributed by atoms with Crippen LogP contribution in [0.25, 0.3) is 11.6 Å². The van der Waals surface area contributed by atoms with Gasteiger partial charge in [-0.15, -0.1) is 0 Å². The van der Waals surface area contributed by atoms with E-state index in [9.17, 15) is 9.59 Å². The third-order valence-corrected chi connectivity index (χ3v) is 3.10. The maximum absolute atomic E-state index is 12.0. The second-order valence-electron chi connectivity index (χ2n) is 4.64. The van der Waals surface area contributed by atoms with Gasteiger partial charge >= 0.3 is 5.97 Å². The number of benzene rings is 1. The van der Waals surface area contributed by atoms with Gasteiger partial charge < -0.3 is 14.5 Å². The molecule has 1 aromatic heterocycles. The van der Waals surface area contributed by atoms with E-state index in [0.717, 1.165) is 11.3 Å². The van der Waals surface area contributed by atoms with Crippen molar-refractivity contribution < 1.29 is 18.7 Å². The highest BCUT2D eigenvalue weighted by molar-refractivity contribution is 6.34. The van der Waals surface area contributed by atoms with E-state index < -0.39 is 0 Å². The molecule has 106 valence electrons. The van der Waals surface area contributed by atoms with Gasteiger partial charge in [-0.2, -0.15) is 0 Å². The van der Waals surface area contributed by atoms with Crippen LogP contribution in [0.4, 0.5) is 5.69 Å². The van der Waals surface area contributed by atoms with E-state index >= 15 is 0 Å². The van der Waals surface area contributed by atoms with Crippen molar-refractivity contribution in [3.63, 3.8) is 0 Å². The Morgan fingerprint density at radius 2 is 2.10 bits per heavy atom. The highest BCUT2D eigenvalue weighted by Gasteiger charge is 2.23. The fraction of sp³-hybridized carbons (Fsp3) is 0.125. The van der Waals surface area contributed by atoms with E-state index in [-0.39, 0.29) is 18.5 Å². The molecule has 3 rings (SSSR count). The largest absolute Gasteiger partial charge is 0.458 e. The van der Waals surface area contributed by atoms with Crippen molar-refractivity contribution in [3.05, 3.63) is 53.5 Å². The van der Waals surface area contributed by atoms with Gasteiger partial charge in [0.1, 0.15) is 18.1 Å². The Labute approximate surface area is 121 Å². The zero-order valence-corrected chi connectivity index (χ0v) is 11.4. The zero-order valence-electron chi connectivity index (χ0n) is 11.4. The average molecular weight is 283 g/mol. The molecule has 0 spiro atoms. The summed E-state index contributed by atoms with van der Waals surface area (Å²) in [6, 6.07) is 10.9. The number of fused-ring (bicyclic) bond motifs is 1. The molecule has 0 bridgehead atoms. The molecule has 5 heteroatoms. The minimum absolute atomic E-state index is 0.0846. The van der Waals surface area contributed by atoms with Gasteiger partial charge in [-0.25, -0.2) is 0 Å². The smallest absolute Gasteiger partial charge is 0.303 e. The maximum atomic E-state index is 12.0. The van der Waals surface area contributed by atoms with Crippen LogP contribution >= 0.6 is 0 Å². The van der Waals surface area contributed by atoms with Crippen LogP contribution in [0.1, 0.15) is 24.0 Å². The molecule has 0 saturated heterocycles. The van der Waals surface area contributed by atoms with Crippen LogP contribution < -0.4 is 5.32 Å². The number of carbonyl (C=O) groups is 2. The van der Waals surface area contributed by atoms with Crippen molar-refractivity contribution in [2.45, 2.75) is 13.5 Å². The van der Waals surface area contributed by atoms with Crippen LogP contribution in [0, 0.1) is 0 Å². The fourth-order valence-electron chi connectivity index (χ4n) is 2.15. The van der Waals surface area contributed by atoms with Gasteiger partial charge in [-0.1, -0.05) is 18.2 Å². The highest BCUT2D eigenvalue weighted by Crippen LogP contribution is 2.32. The molecule has 0 atom stereocenters. The molecule has 1 aromatic carbocycles. The van der Waals surface area contributed by atoms with Crippen LogP contribution in [0.15, 0.2) is 40.8 Å². The van der Waals surface area contributed by atoms with Crippen molar-refractivity contribution in [2.24, 2.45) is 0 Å². The number of furan rings is 1. The van der Waals surface area contributed by atoms with E-state index in [0.29, 0.717) is 17.1 Å². The molecule has 0 radical (unpaired) electrons. The lowest BCUT2D eigenvalue weighted by Gasteiger charge is -1.98. The SMILES string of the molecule is CC(=O)OCc1ccc(/C=C2/C(=O)Nc3ccccc32)o1. The normalized spacial score (nSPS) is 14.9. The number of anilines is 1. The minimum Gasteiger partial charge on any atom is -0.458 e. The summed E-state index contributed by atoms with van der Waals surface area (Å²) in [5, 5.41) is 2.80. The number of ether oxygens (including phenoxy) is 1. The maximum Gasteiger partial charge on any atom is 0.303 e. The van der Waals surface area contributed by atoms with Crippen LogP contribution in [-0.4, -0.2) is 11.9 Å². The Bertz CT molecular complexity index is 742. The van der Waals surface area contributed by atoms with Crippen LogP contribution in [0.3, 0.4) is 0 Å². The molecule has 2 heterocycles. The van der Waals surface area contributed by atoms with E-state index in [1.165, 1.54) is 6.92 Å². The molecule has 2 aromatic rings. The molecular formula is C16H13NO4.